The molecule has 1 N–H and O–H groups in total. The van der Waals surface area contributed by atoms with E-state index in [1.165, 1.54) is 0 Å². The van der Waals surface area contributed by atoms with E-state index in [0.29, 0.717) is 22.6 Å². The number of para-hydroxylation sites is 2. The number of aromatic nitrogens is 1. The van der Waals surface area contributed by atoms with Crippen LogP contribution in [0.15, 0.2) is 48.2 Å². The van der Waals surface area contributed by atoms with E-state index < -0.39 is 0 Å². The maximum atomic E-state index is 13.0. The first-order valence-corrected chi connectivity index (χ1v) is 8.37. The molecule has 0 radical (unpaired) electrons. The molecule has 4 rings (SSSR count). The zero-order valence-electron chi connectivity index (χ0n) is 14.2. The Bertz CT molecular complexity index is 1090. The minimum absolute atomic E-state index is 0.0525. The number of carbonyl (C=O) groups is 1. The summed E-state index contributed by atoms with van der Waals surface area (Å²) in [5.74, 6) is 0.854. The molecule has 0 fully saturated rings. The normalized spacial score (nSPS) is 13.0. The standard InChI is InChI=1S/C21H16N2O3/c1-2-13-5-3-7-16-17(11-23-19(13)16)20(24)15(10-22)9-14-6-4-8-18-21(14)26-12-25-18/h3-9,11,23H,2,12H2,1H3. The quantitative estimate of drug-likeness (QED) is 0.436. The van der Waals surface area contributed by atoms with E-state index in [4.69, 9.17) is 9.47 Å². The Morgan fingerprint density at radius 3 is 2.92 bits per heavy atom. The second kappa shape index (κ2) is 6.41. The molecule has 5 heteroatoms. The maximum Gasteiger partial charge on any atom is 0.231 e. The average molecular weight is 344 g/mol. The third-order valence-electron chi connectivity index (χ3n) is 4.52. The molecule has 0 spiro atoms. The van der Waals surface area contributed by atoms with Gasteiger partial charge in [0.2, 0.25) is 12.6 Å². The summed E-state index contributed by atoms with van der Waals surface area (Å²) in [5, 5.41) is 10.4. The van der Waals surface area contributed by atoms with Gasteiger partial charge in [-0.25, -0.2) is 0 Å². The van der Waals surface area contributed by atoms with Crippen molar-refractivity contribution in [2.24, 2.45) is 0 Å². The number of fused-ring (bicyclic) bond motifs is 2. The van der Waals surface area contributed by atoms with Crippen LogP contribution in [-0.4, -0.2) is 17.6 Å². The van der Waals surface area contributed by atoms with Crippen molar-refractivity contribution in [2.75, 3.05) is 6.79 Å². The first-order valence-electron chi connectivity index (χ1n) is 8.37. The van der Waals surface area contributed by atoms with Crippen LogP contribution in [0.3, 0.4) is 0 Å². The topological polar surface area (TPSA) is 75.1 Å². The number of aromatic amines is 1. The highest BCUT2D eigenvalue weighted by Gasteiger charge is 2.20. The van der Waals surface area contributed by atoms with E-state index in [2.05, 4.69) is 11.9 Å². The third-order valence-corrected chi connectivity index (χ3v) is 4.52. The molecular formula is C21H16N2O3. The van der Waals surface area contributed by atoms with Crippen molar-refractivity contribution in [1.29, 1.82) is 5.26 Å². The van der Waals surface area contributed by atoms with Crippen molar-refractivity contribution in [3.8, 4) is 17.6 Å². The Morgan fingerprint density at radius 1 is 1.27 bits per heavy atom. The van der Waals surface area contributed by atoms with Crippen molar-refractivity contribution >= 4 is 22.8 Å². The summed E-state index contributed by atoms with van der Waals surface area (Å²) in [5.41, 5.74) is 3.27. The molecule has 0 bridgehead atoms. The molecule has 5 nitrogen and oxygen atoms in total. The minimum Gasteiger partial charge on any atom is -0.454 e. The van der Waals surface area contributed by atoms with Crippen LogP contribution in [0, 0.1) is 11.3 Å². The Hall–Kier alpha value is -3.52. The number of nitrogens with one attached hydrogen (secondary N) is 1. The van der Waals surface area contributed by atoms with Crippen molar-refractivity contribution in [3.05, 3.63) is 64.9 Å². The molecule has 0 aliphatic carbocycles. The van der Waals surface area contributed by atoms with Gasteiger partial charge in [0.05, 0.1) is 0 Å². The van der Waals surface area contributed by atoms with Gasteiger partial charge in [0, 0.05) is 28.2 Å². The summed E-state index contributed by atoms with van der Waals surface area (Å²) in [6.07, 6.45) is 4.09. The number of ether oxygens (including phenoxy) is 2. The number of hydrogen-bond donors (Lipinski definition) is 1. The Kier molecular flexibility index (Phi) is 3.94. The molecule has 128 valence electrons. The molecule has 0 unspecified atom stereocenters. The van der Waals surface area contributed by atoms with Crippen molar-refractivity contribution in [1.82, 2.24) is 4.98 Å². The lowest BCUT2D eigenvalue weighted by Crippen LogP contribution is -2.01. The summed E-state index contributed by atoms with van der Waals surface area (Å²) < 4.78 is 10.8. The number of nitriles is 1. The number of rotatable bonds is 4. The van der Waals surface area contributed by atoms with Gasteiger partial charge in [-0.2, -0.15) is 5.26 Å². The monoisotopic (exact) mass is 344 g/mol. The first kappa shape index (κ1) is 16.0. The molecular weight excluding hydrogens is 328 g/mol. The fraction of sp³-hybridized carbons (Fsp3) is 0.143. The lowest BCUT2D eigenvalue weighted by atomic mass is 9.99. The van der Waals surface area contributed by atoms with E-state index in [1.54, 1.807) is 30.5 Å². The van der Waals surface area contributed by atoms with E-state index in [1.807, 2.05) is 24.3 Å². The zero-order chi connectivity index (χ0) is 18.1. The summed E-state index contributed by atoms with van der Waals surface area (Å²) in [6.45, 7) is 2.20. The lowest BCUT2D eigenvalue weighted by Gasteiger charge is -2.03. The van der Waals surface area contributed by atoms with Crippen LogP contribution in [0.4, 0.5) is 0 Å². The first-order chi connectivity index (χ1) is 12.7. The van der Waals surface area contributed by atoms with Gasteiger partial charge in [0.1, 0.15) is 11.6 Å². The maximum absolute atomic E-state index is 13.0. The zero-order valence-corrected chi connectivity index (χ0v) is 14.2. The molecule has 3 aromatic rings. The smallest absolute Gasteiger partial charge is 0.231 e. The molecule has 1 aliphatic rings. The Labute approximate surface area is 150 Å². The molecule has 1 aromatic heterocycles. The number of allylic oxidation sites excluding steroid dienone is 1. The Morgan fingerprint density at radius 2 is 2.12 bits per heavy atom. The van der Waals surface area contributed by atoms with Crippen molar-refractivity contribution in [3.63, 3.8) is 0 Å². The number of hydrogen-bond acceptors (Lipinski definition) is 4. The highest BCUT2D eigenvalue weighted by molar-refractivity contribution is 6.20. The summed E-state index contributed by atoms with van der Waals surface area (Å²) >= 11 is 0. The lowest BCUT2D eigenvalue weighted by molar-refractivity contribution is 0.104. The van der Waals surface area contributed by atoms with Crippen LogP contribution in [0.2, 0.25) is 0 Å². The summed E-state index contributed by atoms with van der Waals surface area (Å²) in [7, 11) is 0. The number of H-pyrrole nitrogens is 1. The average Bonchev–Trinajstić information content (AvgIpc) is 3.32. The van der Waals surface area contributed by atoms with Crippen LogP contribution in [-0.2, 0) is 6.42 Å². The molecule has 0 saturated carbocycles. The SMILES string of the molecule is CCc1cccc2c(C(=O)C(C#N)=Cc3cccc4c3OCO4)c[nH]c12. The molecule has 0 saturated heterocycles. The number of benzene rings is 2. The van der Waals surface area contributed by atoms with Gasteiger partial charge in [-0.15, -0.1) is 0 Å². The third kappa shape index (κ3) is 2.52. The number of carbonyl (C=O) groups excluding carboxylic acids is 1. The van der Waals surface area contributed by atoms with Gasteiger partial charge in [-0.1, -0.05) is 37.3 Å². The van der Waals surface area contributed by atoms with E-state index in [-0.39, 0.29) is 18.1 Å². The number of ketones is 1. The summed E-state index contributed by atoms with van der Waals surface area (Å²) in [4.78, 5) is 16.1. The predicted molar refractivity (Wildman–Crippen MR) is 98.2 cm³/mol. The van der Waals surface area contributed by atoms with Gasteiger partial charge in [0.15, 0.2) is 11.5 Å². The van der Waals surface area contributed by atoms with Crippen LogP contribution >= 0.6 is 0 Å². The highest BCUT2D eigenvalue weighted by Crippen LogP contribution is 2.36. The second-order valence-electron chi connectivity index (χ2n) is 5.98. The van der Waals surface area contributed by atoms with E-state index in [9.17, 15) is 10.1 Å². The molecule has 2 aromatic carbocycles. The molecule has 2 heterocycles. The molecule has 0 atom stereocenters. The molecule has 0 amide bonds. The number of Topliss-reactive ketones (excluding diaryl/α,β-unsaturated/α-hetero) is 1. The van der Waals surface area contributed by atoms with E-state index >= 15 is 0 Å². The minimum atomic E-state index is -0.316. The highest BCUT2D eigenvalue weighted by atomic mass is 16.7. The van der Waals surface area contributed by atoms with Crippen molar-refractivity contribution in [2.45, 2.75) is 13.3 Å². The number of nitrogens with zero attached hydrogens (tertiary/aromatic N) is 1. The molecule has 1 aliphatic heterocycles. The van der Waals surface area contributed by atoms with Crippen LogP contribution in [0.25, 0.3) is 17.0 Å². The van der Waals surface area contributed by atoms with Crippen molar-refractivity contribution < 1.29 is 14.3 Å². The van der Waals surface area contributed by atoms with E-state index in [0.717, 1.165) is 22.9 Å². The number of aryl methyl sites for hydroxylation is 1. The fourth-order valence-corrected chi connectivity index (χ4v) is 3.22. The van der Waals surface area contributed by atoms with Crippen LogP contribution < -0.4 is 9.47 Å². The van der Waals surface area contributed by atoms with Gasteiger partial charge in [0.25, 0.3) is 0 Å². The summed E-state index contributed by atoms with van der Waals surface area (Å²) in [6, 6.07) is 13.3. The van der Waals surface area contributed by atoms with Gasteiger partial charge in [-0.05, 0) is 24.1 Å². The van der Waals surface area contributed by atoms with Gasteiger partial charge >= 0.3 is 0 Å². The van der Waals surface area contributed by atoms with Crippen LogP contribution in [0.5, 0.6) is 11.5 Å². The van der Waals surface area contributed by atoms with Crippen LogP contribution in [0.1, 0.15) is 28.4 Å². The predicted octanol–water partition coefficient (Wildman–Crippen LogP) is 4.25. The van der Waals surface area contributed by atoms with Gasteiger partial charge in [-0.3, -0.25) is 4.79 Å². The van der Waals surface area contributed by atoms with Gasteiger partial charge < -0.3 is 14.5 Å². The Balaban J connectivity index is 1.78. The fourth-order valence-electron chi connectivity index (χ4n) is 3.22. The second-order valence-corrected chi connectivity index (χ2v) is 5.98. The largest absolute Gasteiger partial charge is 0.454 e. The molecule has 26 heavy (non-hydrogen) atoms.